The number of esters is 1. The monoisotopic (exact) mass is 426 g/mol. The second-order valence-corrected chi connectivity index (χ2v) is 7.37. The number of hydrogen-bond acceptors (Lipinski definition) is 3. The number of benzene rings is 3. The molecule has 4 rings (SSSR count). The summed E-state index contributed by atoms with van der Waals surface area (Å²) in [6.07, 6.45) is 8.50. The van der Waals surface area contributed by atoms with Crippen LogP contribution in [-0.2, 0) is 17.7 Å². The van der Waals surface area contributed by atoms with Gasteiger partial charge in [0.05, 0.1) is 12.7 Å². The maximum atomic E-state index is 13.4. The Balaban J connectivity index is 1.55. The number of halogens is 1. The molecule has 0 atom stereocenters. The molecule has 0 N–H and O–H groups in total. The number of carbonyl (C=O) groups is 1. The van der Waals surface area contributed by atoms with Gasteiger partial charge >= 0.3 is 5.97 Å². The molecule has 160 valence electrons. The van der Waals surface area contributed by atoms with E-state index in [9.17, 15) is 9.18 Å². The lowest BCUT2D eigenvalue weighted by molar-refractivity contribution is 0.0601. The van der Waals surface area contributed by atoms with E-state index >= 15 is 0 Å². The largest absolute Gasteiger partial charge is 0.465 e. The van der Waals surface area contributed by atoms with E-state index in [2.05, 4.69) is 21.7 Å². The number of nitrogens with zero attached hydrogens (tertiary/aromatic N) is 2. The predicted molar refractivity (Wildman–Crippen MR) is 124 cm³/mol. The summed E-state index contributed by atoms with van der Waals surface area (Å²) >= 11 is 0. The molecule has 0 aliphatic rings. The molecule has 0 amide bonds. The normalized spacial score (nSPS) is 11.1. The Labute approximate surface area is 186 Å². The first kappa shape index (κ1) is 21.2. The zero-order valence-electron chi connectivity index (χ0n) is 17.7. The molecular formula is C27H23FN2O2. The number of rotatable bonds is 7. The number of ether oxygens (including phenoxy) is 1. The van der Waals surface area contributed by atoms with E-state index in [1.165, 1.54) is 24.8 Å². The maximum Gasteiger partial charge on any atom is 0.338 e. The second kappa shape index (κ2) is 9.88. The lowest BCUT2D eigenvalue weighted by atomic mass is 9.97. The topological polar surface area (TPSA) is 44.1 Å². The molecule has 4 nitrogen and oxygen atoms in total. The van der Waals surface area contributed by atoms with Crippen molar-refractivity contribution in [1.29, 1.82) is 0 Å². The molecule has 0 aliphatic heterocycles. The summed E-state index contributed by atoms with van der Waals surface area (Å²) in [6.45, 7) is 0.770. The molecule has 0 aliphatic carbocycles. The van der Waals surface area contributed by atoms with Crippen LogP contribution in [0.4, 0.5) is 4.39 Å². The second-order valence-electron chi connectivity index (χ2n) is 7.37. The van der Waals surface area contributed by atoms with Crippen LogP contribution in [0.15, 0.2) is 91.3 Å². The fourth-order valence-electron chi connectivity index (χ4n) is 3.58. The van der Waals surface area contributed by atoms with Crippen LogP contribution in [0.5, 0.6) is 0 Å². The molecule has 0 bridgehead atoms. The summed E-state index contributed by atoms with van der Waals surface area (Å²) in [5.41, 5.74) is 4.04. The highest BCUT2D eigenvalue weighted by Crippen LogP contribution is 2.27. The predicted octanol–water partition coefficient (Wildman–Crippen LogP) is 5.78. The molecule has 0 radical (unpaired) electrons. The van der Waals surface area contributed by atoms with E-state index in [1.807, 2.05) is 54.9 Å². The van der Waals surface area contributed by atoms with Gasteiger partial charge in [-0.2, -0.15) is 0 Å². The Kier molecular flexibility index (Phi) is 6.56. The number of imidazole rings is 1. The Bertz CT molecular complexity index is 1230. The van der Waals surface area contributed by atoms with E-state index in [4.69, 9.17) is 4.74 Å². The molecule has 5 heteroatoms. The highest BCUT2D eigenvalue weighted by Gasteiger charge is 2.14. The maximum absolute atomic E-state index is 13.4. The Morgan fingerprint density at radius 3 is 2.59 bits per heavy atom. The van der Waals surface area contributed by atoms with E-state index in [1.54, 1.807) is 18.2 Å². The lowest BCUT2D eigenvalue weighted by Gasteiger charge is -2.10. The third kappa shape index (κ3) is 5.01. The quantitative estimate of drug-likeness (QED) is 0.352. The van der Waals surface area contributed by atoms with Gasteiger partial charge < -0.3 is 9.30 Å². The van der Waals surface area contributed by atoms with Gasteiger partial charge in [0.15, 0.2) is 0 Å². The molecule has 0 fully saturated rings. The van der Waals surface area contributed by atoms with Gasteiger partial charge in [-0.15, -0.1) is 0 Å². The van der Waals surface area contributed by atoms with Gasteiger partial charge in [0.1, 0.15) is 11.6 Å². The summed E-state index contributed by atoms with van der Waals surface area (Å²) in [6, 6.07) is 21.9. The summed E-state index contributed by atoms with van der Waals surface area (Å²) in [7, 11) is 1.35. The number of methoxy groups -OCH3 is 1. The minimum atomic E-state index is -0.428. The van der Waals surface area contributed by atoms with Gasteiger partial charge in [-0.1, -0.05) is 60.7 Å². The third-order valence-electron chi connectivity index (χ3n) is 5.21. The van der Waals surface area contributed by atoms with E-state index in [0.717, 1.165) is 23.5 Å². The van der Waals surface area contributed by atoms with Crippen molar-refractivity contribution in [3.63, 3.8) is 0 Å². The molecule has 0 unspecified atom stereocenters. The minimum Gasteiger partial charge on any atom is -0.465 e. The summed E-state index contributed by atoms with van der Waals surface area (Å²) in [4.78, 5) is 16.7. The third-order valence-corrected chi connectivity index (χ3v) is 5.21. The van der Waals surface area contributed by atoms with Crippen LogP contribution in [-0.4, -0.2) is 22.6 Å². The van der Waals surface area contributed by atoms with Crippen molar-refractivity contribution in [2.75, 3.05) is 7.11 Å². The molecule has 0 saturated carbocycles. The minimum absolute atomic E-state index is 0.324. The van der Waals surface area contributed by atoms with E-state index in [-0.39, 0.29) is 5.82 Å². The Morgan fingerprint density at radius 1 is 1.06 bits per heavy atom. The molecule has 3 aromatic carbocycles. The van der Waals surface area contributed by atoms with Crippen LogP contribution >= 0.6 is 0 Å². The van der Waals surface area contributed by atoms with Crippen molar-refractivity contribution in [1.82, 2.24) is 9.55 Å². The molecule has 0 spiro atoms. The first-order chi connectivity index (χ1) is 15.6. The Hall–Kier alpha value is -3.99. The first-order valence-electron chi connectivity index (χ1n) is 10.3. The fraction of sp³-hybridized carbons (Fsp3) is 0.111. The van der Waals surface area contributed by atoms with Gasteiger partial charge in [0.25, 0.3) is 0 Å². The van der Waals surface area contributed by atoms with Gasteiger partial charge in [0.2, 0.25) is 0 Å². The SMILES string of the molecule is COC(=O)c1ccc(/C=C/Cc2nccn2Cc2ccccc2)cc1-c1ccc(F)cc1. The van der Waals surface area contributed by atoms with Crippen LogP contribution < -0.4 is 0 Å². The first-order valence-corrected chi connectivity index (χ1v) is 10.3. The highest BCUT2D eigenvalue weighted by atomic mass is 19.1. The zero-order chi connectivity index (χ0) is 22.3. The highest BCUT2D eigenvalue weighted by molar-refractivity contribution is 5.97. The molecular weight excluding hydrogens is 403 g/mol. The van der Waals surface area contributed by atoms with Crippen molar-refractivity contribution in [2.45, 2.75) is 13.0 Å². The Morgan fingerprint density at radius 2 is 1.84 bits per heavy atom. The van der Waals surface area contributed by atoms with E-state index in [0.29, 0.717) is 17.5 Å². The van der Waals surface area contributed by atoms with Crippen LogP contribution in [0.25, 0.3) is 17.2 Å². The van der Waals surface area contributed by atoms with Gasteiger partial charge in [0, 0.05) is 25.4 Å². The molecule has 4 aromatic rings. The van der Waals surface area contributed by atoms with Crippen LogP contribution in [0, 0.1) is 5.82 Å². The molecule has 1 heterocycles. The smallest absolute Gasteiger partial charge is 0.338 e. The molecule has 32 heavy (non-hydrogen) atoms. The van der Waals surface area contributed by atoms with Crippen LogP contribution in [0.3, 0.4) is 0 Å². The van der Waals surface area contributed by atoms with Crippen molar-refractivity contribution >= 4 is 12.0 Å². The average molecular weight is 426 g/mol. The lowest BCUT2D eigenvalue weighted by Crippen LogP contribution is -2.04. The van der Waals surface area contributed by atoms with Gasteiger partial charge in [-0.3, -0.25) is 0 Å². The molecule has 1 aromatic heterocycles. The van der Waals surface area contributed by atoms with Gasteiger partial charge in [-0.25, -0.2) is 14.2 Å². The summed E-state index contributed by atoms with van der Waals surface area (Å²) < 4.78 is 20.4. The fourth-order valence-corrected chi connectivity index (χ4v) is 3.58. The standard InChI is InChI=1S/C27H23FN2O2/c1-32-27(31)24-15-10-20(18-25(24)22-11-13-23(28)14-12-22)8-5-9-26-29-16-17-30(26)19-21-6-3-2-4-7-21/h2-8,10-18H,9,19H2,1H3/b8-5+. The average Bonchev–Trinajstić information content (AvgIpc) is 3.26. The number of hydrogen-bond donors (Lipinski definition) is 0. The van der Waals surface area contributed by atoms with Crippen molar-refractivity contribution in [3.8, 4) is 11.1 Å². The van der Waals surface area contributed by atoms with Gasteiger partial charge in [-0.05, 0) is 46.5 Å². The van der Waals surface area contributed by atoms with Crippen molar-refractivity contribution in [3.05, 3.63) is 120 Å². The number of aromatic nitrogens is 2. The van der Waals surface area contributed by atoms with E-state index < -0.39 is 5.97 Å². The zero-order valence-corrected chi connectivity index (χ0v) is 17.7. The summed E-state index contributed by atoms with van der Waals surface area (Å²) in [5, 5.41) is 0. The van der Waals surface area contributed by atoms with Crippen molar-refractivity contribution in [2.24, 2.45) is 0 Å². The molecule has 0 saturated heterocycles. The number of carbonyl (C=O) groups excluding carboxylic acids is 1. The number of allylic oxidation sites excluding steroid dienone is 1. The van der Waals surface area contributed by atoms with Crippen molar-refractivity contribution < 1.29 is 13.9 Å². The summed E-state index contributed by atoms with van der Waals surface area (Å²) in [5.74, 6) is 0.216. The van der Waals surface area contributed by atoms with Crippen LogP contribution in [0.2, 0.25) is 0 Å². The van der Waals surface area contributed by atoms with Crippen LogP contribution in [0.1, 0.15) is 27.3 Å².